The maximum atomic E-state index is 11.7. The third kappa shape index (κ3) is 3.83. The zero-order valence-corrected chi connectivity index (χ0v) is 10.7. The predicted molar refractivity (Wildman–Crippen MR) is 67.5 cm³/mol. The zero-order chi connectivity index (χ0) is 12.0. The Morgan fingerprint density at radius 2 is 2.31 bits per heavy atom. The molecule has 0 atom stereocenters. The van der Waals surface area contributed by atoms with Crippen LogP contribution < -0.4 is 5.32 Å². The molecule has 0 unspecified atom stereocenters. The maximum absolute atomic E-state index is 11.7. The van der Waals surface area contributed by atoms with Gasteiger partial charge in [0.1, 0.15) is 0 Å². The molecule has 0 saturated carbocycles. The fourth-order valence-corrected chi connectivity index (χ4v) is 1.69. The molecule has 0 aliphatic rings. The Hall–Kier alpha value is -1.07. The van der Waals surface area contributed by atoms with Crippen molar-refractivity contribution in [2.45, 2.75) is 6.92 Å². The van der Waals surface area contributed by atoms with Crippen molar-refractivity contribution in [2.75, 3.05) is 25.0 Å². The van der Waals surface area contributed by atoms with Crippen LogP contribution in [0.2, 0.25) is 0 Å². The number of halogens is 1. The van der Waals surface area contributed by atoms with E-state index >= 15 is 0 Å². The third-order valence-electron chi connectivity index (χ3n) is 2.11. The summed E-state index contributed by atoms with van der Waals surface area (Å²) in [6.45, 7) is 2.76. The quantitative estimate of drug-likeness (QED) is 0.892. The Bertz CT molecular complexity index is 358. The number of aliphatic hydroxyl groups excluding tert-OH is 1. The van der Waals surface area contributed by atoms with Crippen LogP contribution in [0.1, 0.15) is 6.92 Å². The highest BCUT2D eigenvalue weighted by Crippen LogP contribution is 2.15. The van der Waals surface area contributed by atoms with Crippen molar-refractivity contribution in [1.29, 1.82) is 0 Å². The highest BCUT2D eigenvalue weighted by atomic mass is 79.9. The van der Waals surface area contributed by atoms with Gasteiger partial charge in [-0.1, -0.05) is 22.0 Å². The van der Waals surface area contributed by atoms with Crippen molar-refractivity contribution in [3.63, 3.8) is 0 Å². The van der Waals surface area contributed by atoms with Crippen LogP contribution in [0.25, 0.3) is 0 Å². The number of aliphatic hydroxyl groups is 1. The lowest BCUT2D eigenvalue weighted by Gasteiger charge is -2.20. The first-order valence-electron chi connectivity index (χ1n) is 5.09. The minimum atomic E-state index is -0.199. The summed E-state index contributed by atoms with van der Waals surface area (Å²) in [5.41, 5.74) is 0.732. The number of hydrogen-bond donors (Lipinski definition) is 2. The number of hydrogen-bond acceptors (Lipinski definition) is 2. The van der Waals surface area contributed by atoms with E-state index in [0.717, 1.165) is 10.2 Å². The molecule has 5 heteroatoms. The summed E-state index contributed by atoms with van der Waals surface area (Å²) in [6.07, 6.45) is 0. The smallest absolute Gasteiger partial charge is 0.321 e. The molecule has 2 amide bonds. The van der Waals surface area contributed by atoms with Gasteiger partial charge in [-0.2, -0.15) is 0 Å². The number of urea groups is 1. The number of carbonyl (C=O) groups excluding carboxylic acids is 1. The normalized spacial score (nSPS) is 9.94. The van der Waals surface area contributed by atoms with Crippen molar-refractivity contribution in [3.05, 3.63) is 28.7 Å². The molecule has 1 rings (SSSR count). The molecule has 0 radical (unpaired) electrons. The van der Waals surface area contributed by atoms with E-state index in [0.29, 0.717) is 13.1 Å². The molecule has 0 aliphatic carbocycles. The van der Waals surface area contributed by atoms with E-state index in [2.05, 4.69) is 21.2 Å². The third-order valence-corrected chi connectivity index (χ3v) is 2.61. The van der Waals surface area contributed by atoms with Gasteiger partial charge in [-0.3, -0.25) is 0 Å². The van der Waals surface area contributed by atoms with Gasteiger partial charge < -0.3 is 15.3 Å². The van der Waals surface area contributed by atoms with E-state index in [4.69, 9.17) is 5.11 Å². The predicted octanol–water partition coefficient (Wildman–Crippen LogP) is 2.30. The van der Waals surface area contributed by atoms with Crippen molar-refractivity contribution in [1.82, 2.24) is 4.90 Å². The number of carbonyl (C=O) groups is 1. The van der Waals surface area contributed by atoms with Crippen LogP contribution >= 0.6 is 15.9 Å². The van der Waals surface area contributed by atoms with Gasteiger partial charge in [0.05, 0.1) is 6.61 Å². The second-order valence-corrected chi connectivity index (χ2v) is 4.16. The molecule has 0 heterocycles. The Kier molecular flexibility index (Phi) is 5.28. The molecule has 0 fully saturated rings. The first-order valence-corrected chi connectivity index (χ1v) is 5.89. The number of anilines is 1. The zero-order valence-electron chi connectivity index (χ0n) is 9.11. The number of likely N-dealkylation sites (N-methyl/N-ethyl adjacent to an activating group) is 1. The average molecular weight is 287 g/mol. The molecule has 1 aromatic rings. The highest BCUT2D eigenvalue weighted by molar-refractivity contribution is 9.10. The molecular formula is C11H15BrN2O2. The molecule has 0 saturated heterocycles. The van der Waals surface area contributed by atoms with Gasteiger partial charge in [0, 0.05) is 23.2 Å². The summed E-state index contributed by atoms with van der Waals surface area (Å²) in [4.78, 5) is 13.3. The van der Waals surface area contributed by atoms with E-state index in [9.17, 15) is 4.79 Å². The van der Waals surface area contributed by atoms with Crippen LogP contribution in [-0.2, 0) is 0 Å². The summed E-state index contributed by atoms with van der Waals surface area (Å²) >= 11 is 3.33. The van der Waals surface area contributed by atoms with Crippen LogP contribution in [0, 0.1) is 0 Å². The van der Waals surface area contributed by atoms with Crippen LogP contribution in [0.15, 0.2) is 28.7 Å². The van der Waals surface area contributed by atoms with Crippen molar-refractivity contribution >= 4 is 27.6 Å². The van der Waals surface area contributed by atoms with Gasteiger partial charge in [-0.05, 0) is 25.1 Å². The summed E-state index contributed by atoms with van der Waals surface area (Å²) in [7, 11) is 0. The number of rotatable bonds is 4. The summed E-state index contributed by atoms with van der Waals surface area (Å²) in [5, 5.41) is 11.6. The molecule has 88 valence electrons. The molecule has 0 bridgehead atoms. The fraction of sp³-hybridized carbons (Fsp3) is 0.364. The standard InChI is InChI=1S/C11H15BrN2O2/c1-2-14(6-7-15)11(16)13-10-5-3-4-9(12)8-10/h3-5,8,15H,2,6-7H2,1H3,(H,13,16). The molecule has 0 aromatic heterocycles. The molecule has 2 N–H and O–H groups in total. The van der Waals surface area contributed by atoms with Gasteiger partial charge in [-0.15, -0.1) is 0 Å². The number of benzene rings is 1. The van der Waals surface area contributed by atoms with Gasteiger partial charge in [-0.25, -0.2) is 4.79 Å². The van der Waals surface area contributed by atoms with Crippen molar-refractivity contribution < 1.29 is 9.90 Å². The fourth-order valence-electron chi connectivity index (χ4n) is 1.29. The van der Waals surface area contributed by atoms with Gasteiger partial charge in [0.2, 0.25) is 0 Å². The van der Waals surface area contributed by atoms with E-state index in [-0.39, 0.29) is 12.6 Å². The maximum Gasteiger partial charge on any atom is 0.321 e. The second-order valence-electron chi connectivity index (χ2n) is 3.24. The van der Waals surface area contributed by atoms with E-state index in [1.807, 2.05) is 31.2 Å². The Morgan fingerprint density at radius 3 is 2.88 bits per heavy atom. The Morgan fingerprint density at radius 1 is 1.56 bits per heavy atom. The monoisotopic (exact) mass is 286 g/mol. The van der Waals surface area contributed by atoms with Crippen LogP contribution in [0.5, 0.6) is 0 Å². The Balaban J connectivity index is 2.62. The largest absolute Gasteiger partial charge is 0.395 e. The minimum Gasteiger partial charge on any atom is -0.395 e. The summed E-state index contributed by atoms with van der Waals surface area (Å²) in [5.74, 6) is 0. The average Bonchev–Trinajstić information content (AvgIpc) is 2.25. The molecular weight excluding hydrogens is 272 g/mol. The lowest BCUT2D eigenvalue weighted by molar-refractivity contribution is 0.192. The van der Waals surface area contributed by atoms with Gasteiger partial charge >= 0.3 is 6.03 Å². The first kappa shape index (κ1) is 13.0. The van der Waals surface area contributed by atoms with Gasteiger partial charge in [0.25, 0.3) is 0 Å². The van der Waals surface area contributed by atoms with E-state index < -0.39 is 0 Å². The van der Waals surface area contributed by atoms with E-state index in [1.54, 1.807) is 4.90 Å². The second kappa shape index (κ2) is 6.50. The molecule has 0 aliphatic heterocycles. The van der Waals surface area contributed by atoms with Crippen LogP contribution in [0.3, 0.4) is 0 Å². The lowest BCUT2D eigenvalue weighted by Crippen LogP contribution is -2.36. The number of nitrogens with zero attached hydrogens (tertiary/aromatic N) is 1. The highest BCUT2D eigenvalue weighted by Gasteiger charge is 2.10. The minimum absolute atomic E-state index is 0.0280. The van der Waals surface area contributed by atoms with Gasteiger partial charge in [0.15, 0.2) is 0 Å². The topological polar surface area (TPSA) is 52.6 Å². The number of nitrogens with one attached hydrogen (secondary N) is 1. The number of amides is 2. The SMILES string of the molecule is CCN(CCO)C(=O)Nc1cccc(Br)c1. The van der Waals surface area contributed by atoms with E-state index in [1.165, 1.54) is 0 Å². The molecule has 1 aromatic carbocycles. The molecule has 16 heavy (non-hydrogen) atoms. The van der Waals surface area contributed by atoms with Crippen molar-refractivity contribution in [3.8, 4) is 0 Å². The summed E-state index contributed by atoms with van der Waals surface area (Å²) in [6, 6.07) is 7.18. The van der Waals surface area contributed by atoms with Crippen LogP contribution in [-0.4, -0.2) is 35.7 Å². The van der Waals surface area contributed by atoms with Crippen molar-refractivity contribution in [2.24, 2.45) is 0 Å². The molecule has 0 spiro atoms. The Labute approximate surface area is 103 Å². The molecule has 4 nitrogen and oxygen atoms in total. The summed E-state index contributed by atoms with van der Waals surface area (Å²) < 4.78 is 0.913. The van der Waals surface area contributed by atoms with Crippen LogP contribution in [0.4, 0.5) is 10.5 Å². The first-order chi connectivity index (χ1) is 7.67. The lowest BCUT2D eigenvalue weighted by atomic mass is 10.3.